The highest BCUT2D eigenvalue weighted by molar-refractivity contribution is 5.33. The lowest BCUT2D eigenvalue weighted by molar-refractivity contribution is 0.253. The zero-order valence-electron chi connectivity index (χ0n) is 12.0. The molecule has 0 heterocycles. The summed E-state index contributed by atoms with van der Waals surface area (Å²) in [7, 11) is 0. The van der Waals surface area contributed by atoms with Gasteiger partial charge in [0.15, 0.2) is 0 Å². The third kappa shape index (κ3) is 5.40. The summed E-state index contributed by atoms with van der Waals surface area (Å²) in [4.78, 5) is 2.28. The summed E-state index contributed by atoms with van der Waals surface area (Å²) in [6.45, 7) is 6.91. The number of rotatable bonds is 8. The monoisotopic (exact) mass is 262 g/mol. The van der Waals surface area contributed by atoms with E-state index in [0.29, 0.717) is 17.7 Å². The van der Waals surface area contributed by atoms with Crippen LogP contribution in [0.2, 0.25) is 0 Å². The van der Waals surface area contributed by atoms with E-state index in [1.807, 2.05) is 0 Å². The summed E-state index contributed by atoms with van der Waals surface area (Å²) in [6, 6.07) is 6.66. The molecule has 0 saturated heterocycles. The summed E-state index contributed by atoms with van der Waals surface area (Å²) in [5, 5.41) is 8.88. The van der Waals surface area contributed by atoms with Crippen LogP contribution in [0.15, 0.2) is 18.2 Å². The minimum atomic E-state index is -0.211. The third-order valence-electron chi connectivity index (χ3n) is 3.22. The predicted molar refractivity (Wildman–Crippen MR) is 76.2 cm³/mol. The normalized spacial score (nSPS) is 10.7. The summed E-state index contributed by atoms with van der Waals surface area (Å²) in [5.41, 5.74) is 1.16. The van der Waals surface area contributed by atoms with E-state index >= 15 is 0 Å². The average Bonchev–Trinajstić information content (AvgIpc) is 2.43. The molecular formula is C16H23FN2. The van der Waals surface area contributed by atoms with E-state index in [4.69, 9.17) is 5.26 Å². The standard InChI is InChI=1S/C16H23FN2/c1-3-5-9-19(10-6-4-2)13-15-11-14(12-18)7-8-16(15)17/h7-8,11H,3-6,9-10,13H2,1-2H3. The van der Waals surface area contributed by atoms with Gasteiger partial charge in [0.1, 0.15) is 5.82 Å². The van der Waals surface area contributed by atoms with Gasteiger partial charge in [-0.25, -0.2) is 4.39 Å². The summed E-state index contributed by atoms with van der Waals surface area (Å²) in [5.74, 6) is -0.211. The number of nitriles is 1. The van der Waals surface area contributed by atoms with Crippen LogP contribution >= 0.6 is 0 Å². The van der Waals surface area contributed by atoms with Gasteiger partial charge in [0, 0.05) is 12.1 Å². The van der Waals surface area contributed by atoms with Crippen LogP contribution in [0, 0.1) is 17.1 Å². The number of halogens is 1. The van der Waals surface area contributed by atoms with E-state index in [0.717, 1.165) is 38.8 Å². The maximum Gasteiger partial charge on any atom is 0.127 e. The molecule has 0 aliphatic heterocycles. The van der Waals surface area contributed by atoms with Crippen LogP contribution in [0.5, 0.6) is 0 Å². The minimum Gasteiger partial charge on any atom is -0.299 e. The fourth-order valence-corrected chi connectivity index (χ4v) is 2.04. The van der Waals surface area contributed by atoms with Crippen molar-refractivity contribution in [1.29, 1.82) is 5.26 Å². The second-order valence-corrected chi connectivity index (χ2v) is 4.90. The SMILES string of the molecule is CCCCN(CCCC)Cc1cc(C#N)ccc1F. The fourth-order valence-electron chi connectivity index (χ4n) is 2.04. The Hall–Kier alpha value is -1.40. The molecule has 1 aromatic rings. The molecule has 2 nitrogen and oxygen atoms in total. The molecule has 0 saturated carbocycles. The molecule has 1 aromatic carbocycles. The number of hydrogen-bond donors (Lipinski definition) is 0. The zero-order chi connectivity index (χ0) is 14.1. The highest BCUT2D eigenvalue weighted by atomic mass is 19.1. The van der Waals surface area contributed by atoms with Crippen LogP contribution in [0.1, 0.15) is 50.7 Å². The molecule has 0 atom stereocenters. The first-order valence-electron chi connectivity index (χ1n) is 7.12. The zero-order valence-corrected chi connectivity index (χ0v) is 12.0. The maximum absolute atomic E-state index is 13.8. The number of nitrogens with zero attached hydrogens (tertiary/aromatic N) is 2. The van der Waals surface area contributed by atoms with E-state index in [1.165, 1.54) is 12.1 Å². The van der Waals surface area contributed by atoms with Gasteiger partial charge in [0.05, 0.1) is 11.6 Å². The van der Waals surface area contributed by atoms with Gasteiger partial charge >= 0.3 is 0 Å². The lowest BCUT2D eigenvalue weighted by Gasteiger charge is -2.22. The maximum atomic E-state index is 13.8. The van der Waals surface area contributed by atoms with Crippen LogP contribution < -0.4 is 0 Å². The Balaban J connectivity index is 2.73. The molecule has 0 spiro atoms. The van der Waals surface area contributed by atoms with Crippen molar-refractivity contribution in [1.82, 2.24) is 4.90 Å². The molecule has 0 aromatic heterocycles. The van der Waals surface area contributed by atoms with Gasteiger partial charge in [-0.1, -0.05) is 26.7 Å². The van der Waals surface area contributed by atoms with E-state index in [1.54, 1.807) is 6.07 Å². The van der Waals surface area contributed by atoms with Crippen molar-refractivity contribution in [2.24, 2.45) is 0 Å². The molecule has 104 valence electrons. The van der Waals surface area contributed by atoms with Crippen molar-refractivity contribution in [3.05, 3.63) is 35.1 Å². The smallest absolute Gasteiger partial charge is 0.127 e. The Morgan fingerprint density at radius 3 is 2.32 bits per heavy atom. The van der Waals surface area contributed by atoms with E-state index in [2.05, 4.69) is 24.8 Å². The highest BCUT2D eigenvalue weighted by Gasteiger charge is 2.09. The van der Waals surface area contributed by atoms with Crippen molar-refractivity contribution in [2.45, 2.75) is 46.1 Å². The molecule has 0 aliphatic rings. The van der Waals surface area contributed by atoms with E-state index in [-0.39, 0.29) is 5.82 Å². The van der Waals surface area contributed by atoms with Gasteiger partial charge in [0.25, 0.3) is 0 Å². The lowest BCUT2D eigenvalue weighted by atomic mass is 10.1. The Morgan fingerprint density at radius 2 is 1.79 bits per heavy atom. The second kappa shape index (κ2) is 8.66. The van der Waals surface area contributed by atoms with Gasteiger partial charge in [-0.2, -0.15) is 5.26 Å². The van der Waals surface area contributed by atoms with Crippen molar-refractivity contribution < 1.29 is 4.39 Å². The van der Waals surface area contributed by atoms with E-state index < -0.39 is 0 Å². The van der Waals surface area contributed by atoms with Crippen LogP contribution in [-0.2, 0) is 6.54 Å². The summed E-state index contributed by atoms with van der Waals surface area (Å²) in [6.07, 6.45) is 4.54. The Bertz CT molecular complexity index is 415. The number of unbranched alkanes of at least 4 members (excludes halogenated alkanes) is 2. The fraction of sp³-hybridized carbons (Fsp3) is 0.562. The topological polar surface area (TPSA) is 27.0 Å². The first kappa shape index (κ1) is 15.7. The molecule has 0 unspecified atom stereocenters. The minimum absolute atomic E-state index is 0.211. The molecule has 1 rings (SSSR count). The van der Waals surface area contributed by atoms with Gasteiger partial charge < -0.3 is 0 Å². The third-order valence-corrected chi connectivity index (χ3v) is 3.22. The molecule has 19 heavy (non-hydrogen) atoms. The van der Waals surface area contributed by atoms with Gasteiger partial charge in [-0.15, -0.1) is 0 Å². The molecule has 0 N–H and O–H groups in total. The molecule has 0 fully saturated rings. The Morgan fingerprint density at radius 1 is 1.16 bits per heavy atom. The molecule has 3 heteroatoms. The van der Waals surface area contributed by atoms with Crippen molar-refractivity contribution in [3.8, 4) is 6.07 Å². The summed E-state index contributed by atoms with van der Waals surface area (Å²) >= 11 is 0. The number of hydrogen-bond acceptors (Lipinski definition) is 2. The number of benzene rings is 1. The first-order chi connectivity index (χ1) is 9.21. The second-order valence-electron chi connectivity index (χ2n) is 4.90. The highest BCUT2D eigenvalue weighted by Crippen LogP contribution is 2.14. The summed E-state index contributed by atoms with van der Waals surface area (Å²) < 4.78 is 13.8. The Kier molecular flexibility index (Phi) is 7.14. The van der Waals surface area contributed by atoms with Crippen LogP contribution in [0.4, 0.5) is 4.39 Å². The molecule has 0 amide bonds. The molecular weight excluding hydrogens is 239 g/mol. The van der Waals surface area contributed by atoms with Crippen LogP contribution in [-0.4, -0.2) is 18.0 Å². The van der Waals surface area contributed by atoms with Gasteiger partial charge in [0.2, 0.25) is 0 Å². The molecule has 0 aliphatic carbocycles. The van der Waals surface area contributed by atoms with Crippen molar-refractivity contribution in [3.63, 3.8) is 0 Å². The molecule has 0 radical (unpaired) electrons. The average molecular weight is 262 g/mol. The van der Waals surface area contributed by atoms with Gasteiger partial charge in [-0.05, 0) is 44.1 Å². The largest absolute Gasteiger partial charge is 0.299 e. The Labute approximate surface area is 115 Å². The van der Waals surface area contributed by atoms with Crippen LogP contribution in [0.3, 0.4) is 0 Å². The predicted octanol–water partition coefficient (Wildman–Crippen LogP) is 4.10. The quantitative estimate of drug-likeness (QED) is 0.705. The van der Waals surface area contributed by atoms with Crippen molar-refractivity contribution in [2.75, 3.05) is 13.1 Å². The van der Waals surface area contributed by atoms with Gasteiger partial charge in [-0.3, -0.25) is 4.90 Å². The molecule has 0 bridgehead atoms. The van der Waals surface area contributed by atoms with E-state index in [9.17, 15) is 4.39 Å². The lowest BCUT2D eigenvalue weighted by Crippen LogP contribution is -2.26. The van der Waals surface area contributed by atoms with Crippen molar-refractivity contribution >= 4 is 0 Å². The first-order valence-corrected chi connectivity index (χ1v) is 7.12. The van der Waals surface area contributed by atoms with Crippen LogP contribution in [0.25, 0.3) is 0 Å².